The van der Waals surface area contributed by atoms with E-state index in [1.54, 1.807) is 26.8 Å². The van der Waals surface area contributed by atoms with Crippen LogP contribution in [-0.4, -0.2) is 10.9 Å². The number of nitrogens with zero attached hydrogens (tertiary/aromatic N) is 1. The van der Waals surface area contributed by atoms with Gasteiger partial charge in [-0.3, -0.25) is 4.79 Å². The molecule has 18 heavy (non-hydrogen) atoms. The molecule has 0 spiro atoms. The van der Waals surface area contributed by atoms with Crippen molar-refractivity contribution in [2.75, 3.05) is 5.32 Å². The van der Waals surface area contributed by atoms with Crippen molar-refractivity contribution in [2.45, 2.75) is 20.8 Å². The van der Waals surface area contributed by atoms with Crippen LogP contribution in [0, 0.1) is 26.6 Å². The number of benzene rings is 1. The van der Waals surface area contributed by atoms with Crippen LogP contribution in [0.25, 0.3) is 0 Å². The largest absolute Gasteiger partial charge is 0.445 e. The van der Waals surface area contributed by atoms with Gasteiger partial charge in [0, 0.05) is 6.92 Å². The van der Waals surface area contributed by atoms with Gasteiger partial charge in [0.1, 0.15) is 11.6 Å². The van der Waals surface area contributed by atoms with E-state index in [-0.39, 0.29) is 11.4 Å². The van der Waals surface area contributed by atoms with Crippen LogP contribution >= 0.6 is 0 Å². The average molecular weight is 248 g/mol. The minimum atomic E-state index is -0.480. The number of anilines is 1. The first-order chi connectivity index (χ1) is 8.47. The number of carbonyl (C=O) groups excluding carboxylic acids is 1. The zero-order valence-electron chi connectivity index (χ0n) is 10.4. The van der Waals surface area contributed by atoms with Crippen molar-refractivity contribution >= 4 is 11.6 Å². The Morgan fingerprint density at radius 1 is 1.33 bits per heavy atom. The van der Waals surface area contributed by atoms with E-state index in [0.717, 1.165) is 5.56 Å². The van der Waals surface area contributed by atoms with Crippen LogP contribution < -0.4 is 5.32 Å². The predicted octanol–water partition coefficient (Wildman–Crippen LogP) is 2.99. The van der Waals surface area contributed by atoms with E-state index in [4.69, 9.17) is 4.42 Å². The molecular formula is C13H13FN2O2. The lowest BCUT2D eigenvalue weighted by atomic mass is 10.2. The van der Waals surface area contributed by atoms with E-state index < -0.39 is 11.7 Å². The Kier molecular flexibility index (Phi) is 3.14. The van der Waals surface area contributed by atoms with Crippen LogP contribution in [0.4, 0.5) is 10.1 Å². The first-order valence-corrected chi connectivity index (χ1v) is 5.49. The van der Waals surface area contributed by atoms with Crippen molar-refractivity contribution in [1.29, 1.82) is 0 Å². The maximum Gasteiger partial charge on any atom is 0.277 e. The summed E-state index contributed by atoms with van der Waals surface area (Å²) in [5.74, 6) is -0.132. The fraction of sp³-hybridized carbons (Fsp3) is 0.231. The van der Waals surface area contributed by atoms with Gasteiger partial charge in [-0.05, 0) is 31.5 Å². The maximum atomic E-state index is 13.6. The number of halogens is 1. The highest BCUT2D eigenvalue weighted by atomic mass is 19.1. The number of rotatable bonds is 2. The molecule has 5 heteroatoms. The monoisotopic (exact) mass is 248 g/mol. The highest BCUT2D eigenvalue weighted by Gasteiger charge is 2.16. The van der Waals surface area contributed by atoms with Gasteiger partial charge < -0.3 is 9.73 Å². The van der Waals surface area contributed by atoms with Crippen molar-refractivity contribution in [3.8, 4) is 0 Å². The van der Waals surface area contributed by atoms with Crippen LogP contribution in [-0.2, 0) is 0 Å². The molecule has 1 N–H and O–H groups in total. The molecule has 0 saturated heterocycles. The second kappa shape index (κ2) is 4.60. The number of hydrogen-bond donors (Lipinski definition) is 1. The third-order valence-corrected chi connectivity index (χ3v) is 2.49. The molecule has 1 aromatic heterocycles. The summed E-state index contributed by atoms with van der Waals surface area (Å²) in [6.45, 7) is 5.07. The molecule has 0 aliphatic rings. The molecule has 94 valence electrons. The van der Waals surface area contributed by atoms with Gasteiger partial charge in [0.2, 0.25) is 0 Å². The number of oxazole rings is 1. The smallest absolute Gasteiger partial charge is 0.277 e. The molecule has 0 aliphatic carbocycles. The lowest BCUT2D eigenvalue weighted by Crippen LogP contribution is -2.14. The van der Waals surface area contributed by atoms with E-state index in [1.165, 1.54) is 12.1 Å². The second-order valence-electron chi connectivity index (χ2n) is 4.08. The summed E-state index contributed by atoms with van der Waals surface area (Å²) in [6, 6.07) is 4.60. The number of nitrogens with one attached hydrogen (secondary N) is 1. The number of carbonyl (C=O) groups is 1. The van der Waals surface area contributed by atoms with Crippen molar-refractivity contribution in [1.82, 2.24) is 4.98 Å². The van der Waals surface area contributed by atoms with Crippen molar-refractivity contribution in [2.24, 2.45) is 0 Å². The molecule has 0 bridgehead atoms. The van der Waals surface area contributed by atoms with Crippen LogP contribution in [0.15, 0.2) is 22.6 Å². The van der Waals surface area contributed by atoms with Gasteiger partial charge in [0.25, 0.3) is 5.91 Å². The minimum absolute atomic E-state index is 0.130. The first kappa shape index (κ1) is 12.3. The normalized spacial score (nSPS) is 10.4. The van der Waals surface area contributed by atoms with Gasteiger partial charge >= 0.3 is 0 Å². The highest BCUT2D eigenvalue weighted by molar-refractivity contribution is 6.03. The van der Waals surface area contributed by atoms with E-state index in [9.17, 15) is 9.18 Å². The number of amides is 1. The van der Waals surface area contributed by atoms with Crippen LogP contribution in [0.5, 0.6) is 0 Å². The van der Waals surface area contributed by atoms with Gasteiger partial charge in [-0.1, -0.05) is 6.07 Å². The molecule has 2 aromatic rings. The highest BCUT2D eigenvalue weighted by Crippen LogP contribution is 2.17. The summed E-state index contributed by atoms with van der Waals surface area (Å²) >= 11 is 0. The average Bonchev–Trinajstić information content (AvgIpc) is 2.62. The van der Waals surface area contributed by atoms with Crippen molar-refractivity contribution in [3.05, 3.63) is 46.9 Å². The summed E-state index contributed by atoms with van der Waals surface area (Å²) in [5, 5.41) is 2.47. The molecule has 1 aromatic carbocycles. The second-order valence-corrected chi connectivity index (χ2v) is 4.08. The van der Waals surface area contributed by atoms with E-state index in [1.807, 2.05) is 0 Å². The SMILES string of the molecule is Cc1ccc(NC(=O)c2nc(C)oc2C)c(F)c1. The molecule has 0 unspecified atom stereocenters. The van der Waals surface area contributed by atoms with Gasteiger partial charge in [-0.15, -0.1) is 0 Å². The Balaban J connectivity index is 2.24. The molecule has 0 saturated carbocycles. The molecule has 0 aliphatic heterocycles. The predicted molar refractivity (Wildman–Crippen MR) is 65.1 cm³/mol. The summed E-state index contributed by atoms with van der Waals surface area (Å²) in [4.78, 5) is 15.8. The number of aromatic nitrogens is 1. The van der Waals surface area contributed by atoms with Gasteiger partial charge in [-0.2, -0.15) is 0 Å². The Hall–Kier alpha value is -2.17. The standard InChI is InChI=1S/C13H13FN2O2/c1-7-4-5-11(10(14)6-7)16-13(17)12-8(2)18-9(3)15-12/h4-6H,1-3H3,(H,16,17). The van der Waals surface area contributed by atoms with E-state index in [2.05, 4.69) is 10.3 Å². The lowest BCUT2D eigenvalue weighted by molar-refractivity contribution is 0.102. The zero-order chi connectivity index (χ0) is 13.3. The molecule has 0 fully saturated rings. The van der Waals surface area contributed by atoms with Crippen LogP contribution in [0.1, 0.15) is 27.7 Å². The molecular weight excluding hydrogens is 235 g/mol. The molecule has 1 heterocycles. The van der Waals surface area contributed by atoms with E-state index in [0.29, 0.717) is 11.7 Å². The number of hydrogen-bond acceptors (Lipinski definition) is 3. The topological polar surface area (TPSA) is 55.1 Å². The van der Waals surface area contributed by atoms with Crippen molar-refractivity contribution < 1.29 is 13.6 Å². The third-order valence-electron chi connectivity index (χ3n) is 2.49. The van der Waals surface area contributed by atoms with Gasteiger partial charge in [-0.25, -0.2) is 9.37 Å². The van der Waals surface area contributed by atoms with E-state index >= 15 is 0 Å². The lowest BCUT2D eigenvalue weighted by Gasteiger charge is -2.05. The molecule has 4 nitrogen and oxygen atoms in total. The van der Waals surface area contributed by atoms with Gasteiger partial charge in [0.05, 0.1) is 5.69 Å². The number of aryl methyl sites for hydroxylation is 3. The Labute approximate surface area is 104 Å². The van der Waals surface area contributed by atoms with Crippen LogP contribution in [0.2, 0.25) is 0 Å². The minimum Gasteiger partial charge on any atom is -0.445 e. The summed E-state index contributed by atoms with van der Waals surface area (Å²) in [5.41, 5.74) is 1.09. The Bertz CT molecular complexity index is 605. The molecule has 0 atom stereocenters. The molecule has 1 amide bonds. The maximum absolute atomic E-state index is 13.6. The van der Waals surface area contributed by atoms with Gasteiger partial charge in [0.15, 0.2) is 11.6 Å². The van der Waals surface area contributed by atoms with Crippen molar-refractivity contribution in [3.63, 3.8) is 0 Å². The quantitative estimate of drug-likeness (QED) is 0.888. The van der Waals surface area contributed by atoms with Crippen LogP contribution in [0.3, 0.4) is 0 Å². The molecule has 2 rings (SSSR count). The summed E-state index contributed by atoms with van der Waals surface area (Å²) in [7, 11) is 0. The Morgan fingerprint density at radius 2 is 2.06 bits per heavy atom. The molecule has 0 radical (unpaired) electrons. The fourth-order valence-electron chi connectivity index (χ4n) is 1.64. The summed E-state index contributed by atoms with van der Waals surface area (Å²) in [6.07, 6.45) is 0. The third kappa shape index (κ3) is 2.40. The summed E-state index contributed by atoms with van der Waals surface area (Å²) < 4.78 is 18.7. The Morgan fingerprint density at radius 3 is 2.61 bits per heavy atom. The first-order valence-electron chi connectivity index (χ1n) is 5.49. The zero-order valence-corrected chi connectivity index (χ0v) is 10.4. The fourth-order valence-corrected chi connectivity index (χ4v) is 1.64.